The van der Waals surface area contributed by atoms with Gasteiger partial charge >= 0.3 is 0 Å². The second kappa shape index (κ2) is 11.5. The van der Waals surface area contributed by atoms with E-state index in [1.54, 1.807) is 7.05 Å². The zero-order chi connectivity index (χ0) is 21.5. The lowest BCUT2D eigenvalue weighted by molar-refractivity contribution is 0.464. The molecule has 0 unspecified atom stereocenters. The van der Waals surface area contributed by atoms with E-state index in [-0.39, 0.29) is 24.0 Å². The first kappa shape index (κ1) is 23.5. The average molecular weight is 541 g/mol. The Morgan fingerprint density at radius 2 is 1.75 bits per heavy atom. The fourth-order valence-corrected chi connectivity index (χ4v) is 3.43. The molecule has 4 aromatic rings. The van der Waals surface area contributed by atoms with Crippen molar-refractivity contribution in [3.05, 3.63) is 96.2 Å². The highest BCUT2D eigenvalue weighted by Crippen LogP contribution is 2.16. The maximum absolute atomic E-state index is 4.52. The van der Waals surface area contributed by atoms with Gasteiger partial charge in [-0.15, -0.1) is 24.0 Å². The monoisotopic (exact) mass is 541 g/mol. The van der Waals surface area contributed by atoms with Crippen LogP contribution in [0.25, 0.3) is 11.3 Å². The first-order chi connectivity index (χ1) is 15.2. The minimum absolute atomic E-state index is 0. The smallest absolute Gasteiger partial charge is 0.194 e. The van der Waals surface area contributed by atoms with Crippen LogP contribution in [0.4, 0.5) is 0 Å². The predicted molar refractivity (Wildman–Crippen MR) is 139 cm³/mol. The van der Waals surface area contributed by atoms with E-state index >= 15 is 0 Å². The van der Waals surface area contributed by atoms with E-state index in [2.05, 4.69) is 55.8 Å². The molecule has 0 saturated carbocycles. The lowest BCUT2D eigenvalue weighted by atomic mass is 10.2. The third kappa shape index (κ3) is 6.19. The number of imidazole rings is 1. The highest BCUT2D eigenvalue weighted by molar-refractivity contribution is 14.0. The zero-order valence-electron chi connectivity index (χ0n) is 18.3. The van der Waals surface area contributed by atoms with Gasteiger partial charge in [0.25, 0.3) is 0 Å². The average Bonchev–Trinajstić information content (AvgIpc) is 3.45. The molecule has 0 aliphatic rings. The maximum Gasteiger partial charge on any atom is 0.194 e. The largest absolute Gasteiger partial charge is 0.352 e. The molecular weight excluding hydrogens is 513 g/mol. The molecule has 2 heterocycles. The van der Waals surface area contributed by atoms with Gasteiger partial charge in [0, 0.05) is 32.4 Å². The third-order valence-corrected chi connectivity index (χ3v) is 5.00. The van der Waals surface area contributed by atoms with Crippen molar-refractivity contribution in [2.45, 2.75) is 19.6 Å². The number of aromatic nitrogens is 4. The Balaban J connectivity index is 0.00000289. The van der Waals surface area contributed by atoms with Crippen LogP contribution in [0.15, 0.2) is 84.2 Å². The van der Waals surface area contributed by atoms with Crippen molar-refractivity contribution in [3.8, 4) is 11.3 Å². The molecule has 0 bridgehead atoms. The molecule has 0 atom stereocenters. The lowest BCUT2D eigenvalue weighted by Crippen LogP contribution is -2.38. The summed E-state index contributed by atoms with van der Waals surface area (Å²) in [5.41, 5.74) is 4.47. The molecule has 0 aliphatic heterocycles. The Bertz CT molecular complexity index is 1120. The van der Waals surface area contributed by atoms with Gasteiger partial charge in [-0.1, -0.05) is 60.7 Å². The fourth-order valence-electron chi connectivity index (χ4n) is 3.43. The molecule has 0 amide bonds. The molecule has 0 fully saturated rings. The molecule has 32 heavy (non-hydrogen) atoms. The summed E-state index contributed by atoms with van der Waals surface area (Å²) < 4.78 is 1.95. The van der Waals surface area contributed by atoms with Gasteiger partial charge < -0.3 is 15.2 Å². The van der Waals surface area contributed by atoms with E-state index < -0.39 is 0 Å². The topological polar surface area (TPSA) is 74.1 Å². The molecule has 2 aromatic carbocycles. The summed E-state index contributed by atoms with van der Waals surface area (Å²) in [6.07, 6.45) is 5.82. The summed E-state index contributed by atoms with van der Waals surface area (Å²) in [5, 5.41) is 7.87. The Morgan fingerprint density at radius 1 is 1.03 bits per heavy atom. The van der Waals surface area contributed by atoms with E-state index in [0.717, 1.165) is 35.1 Å². The summed E-state index contributed by atoms with van der Waals surface area (Å²) in [5.74, 6) is 1.69. The molecule has 0 saturated heterocycles. The first-order valence-electron chi connectivity index (χ1n) is 10.3. The Hall–Kier alpha value is -3.14. The van der Waals surface area contributed by atoms with E-state index in [0.29, 0.717) is 13.1 Å². The molecule has 8 heteroatoms. The van der Waals surface area contributed by atoms with Crippen LogP contribution < -0.4 is 5.32 Å². The van der Waals surface area contributed by atoms with Crippen molar-refractivity contribution < 1.29 is 0 Å². The van der Waals surface area contributed by atoms with E-state index in [1.165, 1.54) is 5.56 Å². The van der Waals surface area contributed by atoms with Gasteiger partial charge in [0.15, 0.2) is 5.96 Å². The standard InChI is InChI=1S/C24H27N7.HI/c1-25-24(27-13-20-14-28-31(17-20)16-19-9-5-3-6-10-19)30(2)18-23-26-15-22(29-23)21-11-7-4-8-12-21;/h3-12,14-15,17H,13,16,18H2,1-2H3,(H,25,27)(H,26,29);1H. The van der Waals surface area contributed by atoms with Crippen LogP contribution in [0.5, 0.6) is 0 Å². The number of aromatic amines is 1. The van der Waals surface area contributed by atoms with Gasteiger partial charge in [0.05, 0.1) is 31.2 Å². The predicted octanol–water partition coefficient (Wildman–Crippen LogP) is 4.15. The molecule has 0 aliphatic carbocycles. The normalized spacial score (nSPS) is 11.1. The van der Waals surface area contributed by atoms with Gasteiger partial charge in [-0.2, -0.15) is 5.10 Å². The second-order valence-corrected chi connectivity index (χ2v) is 7.40. The summed E-state index contributed by atoms with van der Waals surface area (Å²) in [4.78, 5) is 14.4. The summed E-state index contributed by atoms with van der Waals surface area (Å²) in [6.45, 7) is 2.04. The number of H-pyrrole nitrogens is 1. The van der Waals surface area contributed by atoms with Crippen LogP contribution in [0.2, 0.25) is 0 Å². The van der Waals surface area contributed by atoms with Crippen LogP contribution in [0, 0.1) is 0 Å². The van der Waals surface area contributed by atoms with Crippen LogP contribution in [0.1, 0.15) is 17.0 Å². The number of hydrogen-bond acceptors (Lipinski definition) is 3. The third-order valence-electron chi connectivity index (χ3n) is 5.00. The van der Waals surface area contributed by atoms with Crippen molar-refractivity contribution in [2.24, 2.45) is 4.99 Å². The Labute approximate surface area is 205 Å². The van der Waals surface area contributed by atoms with Crippen molar-refractivity contribution >= 4 is 29.9 Å². The van der Waals surface area contributed by atoms with E-state index in [1.807, 2.05) is 65.4 Å². The first-order valence-corrected chi connectivity index (χ1v) is 10.3. The highest BCUT2D eigenvalue weighted by Gasteiger charge is 2.10. The summed E-state index contributed by atoms with van der Waals surface area (Å²) in [7, 11) is 3.79. The molecule has 4 rings (SSSR count). The maximum atomic E-state index is 4.52. The highest BCUT2D eigenvalue weighted by atomic mass is 127. The quantitative estimate of drug-likeness (QED) is 0.210. The Kier molecular flexibility index (Phi) is 8.43. The van der Waals surface area contributed by atoms with Gasteiger partial charge in [-0.25, -0.2) is 4.98 Å². The number of nitrogens with one attached hydrogen (secondary N) is 2. The number of aliphatic imine (C=N–C) groups is 1. The van der Waals surface area contributed by atoms with Crippen LogP contribution in [-0.2, 0) is 19.6 Å². The SMILES string of the molecule is CN=C(NCc1cnn(Cc2ccccc2)c1)N(C)Cc1ncc(-c2ccccc2)[nH]1.I. The minimum atomic E-state index is 0. The van der Waals surface area contributed by atoms with Crippen molar-refractivity contribution in [3.63, 3.8) is 0 Å². The summed E-state index contributed by atoms with van der Waals surface area (Å²) in [6, 6.07) is 20.5. The van der Waals surface area contributed by atoms with Gasteiger partial charge in [0.1, 0.15) is 5.82 Å². The lowest BCUT2D eigenvalue weighted by Gasteiger charge is -2.20. The number of halogens is 1. The number of rotatable bonds is 7. The van der Waals surface area contributed by atoms with Crippen molar-refractivity contribution in [1.29, 1.82) is 0 Å². The van der Waals surface area contributed by atoms with Crippen LogP contribution >= 0.6 is 24.0 Å². The summed E-state index contributed by atoms with van der Waals surface area (Å²) >= 11 is 0. The van der Waals surface area contributed by atoms with Crippen molar-refractivity contribution in [2.75, 3.05) is 14.1 Å². The molecule has 2 N–H and O–H groups in total. The fraction of sp³-hybridized carbons (Fsp3) is 0.208. The van der Waals surface area contributed by atoms with Gasteiger partial charge in [-0.3, -0.25) is 9.67 Å². The number of guanidine groups is 1. The van der Waals surface area contributed by atoms with E-state index in [4.69, 9.17) is 0 Å². The number of hydrogen-bond donors (Lipinski definition) is 2. The molecule has 0 spiro atoms. The van der Waals surface area contributed by atoms with Crippen LogP contribution in [-0.4, -0.2) is 44.7 Å². The molecule has 166 valence electrons. The number of nitrogens with zero attached hydrogens (tertiary/aromatic N) is 5. The molecule has 7 nitrogen and oxygen atoms in total. The molecule has 2 aromatic heterocycles. The minimum Gasteiger partial charge on any atom is -0.352 e. The Morgan fingerprint density at radius 3 is 2.47 bits per heavy atom. The van der Waals surface area contributed by atoms with Crippen LogP contribution in [0.3, 0.4) is 0 Å². The number of benzene rings is 2. The molecular formula is C24H28IN7. The molecule has 0 radical (unpaired) electrons. The zero-order valence-corrected chi connectivity index (χ0v) is 20.6. The van der Waals surface area contributed by atoms with Gasteiger partial charge in [-0.05, 0) is 11.1 Å². The second-order valence-electron chi connectivity index (χ2n) is 7.40. The van der Waals surface area contributed by atoms with Crippen molar-refractivity contribution in [1.82, 2.24) is 30.0 Å². The van der Waals surface area contributed by atoms with Gasteiger partial charge in [0.2, 0.25) is 0 Å². The van der Waals surface area contributed by atoms with E-state index in [9.17, 15) is 0 Å².